The van der Waals surface area contributed by atoms with Crippen LogP contribution in [-0.4, -0.2) is 53.9 Å². The highest BCUT2D eigenvalue weighted by atomic mass is 19.1. The first-order chi connectivity index (χ1) is 19.8. The maximum atomic E-state index is 15.4. The Balaban J connectivity index is 1.56. The van der Waals surface area contributed by atoms with Gasteiger partial charge in [-0.2, -0.15) is 0 Å². The molecular formula is C31H31FN2O7. The third-order valence-electron chi connectivity index (χ3n) is 7.35. The van der Waals surface area contributed by atoms with Gasteiger partial charge in [0.15, 0.2) is 12.4 Å². The molecule has 1 fully saturated rings. The summed E-state index contributed by atoms with van der Waals surface area (Å²) in [6.45, 7) is 1.26. The number of hydrogen-bond donors (Lipinski definition) is 2. The standard InChI is InChI=1S/C31H31FN2O7/c1-19-17-34(30(37)33-28(19)36)29-26(32)27(35)25(41-29)18-40-31(20-7-5-4-6-8-20,21-9-13-23(38-2)14-10-21)22-11-15-24(39-3)16-12-22/h4-17,25-27,29,35H,18H2,1-3H3,(H,33,36,37)/t25-,26+,27-,29+/m1/s1. The zero-order valence-electron chi connectivity index (χ0n) is 22.8. The maximum absolute atomic E-state index is 15.4. The average Bonchev–Trinajstić information content (AvgIpc) is 3.29. The van der Waals surface area contributed by atoms with Crippen molar-refractivity contribution in [2.75, 3.05) is 20.8 Å². The van der Waals surface area contributed by atoms with Gasteiger partial charge >= 0.3 is 5.69 Å². The predicted molar refractivity (Wildman–Crippen MR) is 149 cm³/mol. The third kappa shape index (κ3) is 5.29. The van der Waals surface area contributed by atoms with E-state index in [9.17, 15) is 14.7 Å². The second kappa shape index (κ2) is 11.7. The van der Waals surface area contributed by atoms with Crippen molar-refractivity contribution in [2.45, 2.75) is 37.1 Å². The van der Waals surface area contributed by atoms with Gasteiger partial charge in [-0.05, 0) is 47.9 Å². The number of alkyl halides is 1. The Hall–Kier alpha value is -4.25. The summed E-state index contributed by atoms with van der Waals surface area (Å²) in [5, 5.41) is 10.8. The Morgan fingerprint density at radius 1 is 0.902 bits per heavy atom. The second-order valence-electron chi connectivity index (χ2n) is 9.79. The monoisotopic (exact) mass is 562 g/mol. The van der Waals surface area contributed by atoms with Crippen molar-refractivity contribution >= 4 is 0 Å². The number of rotatable bonds is 9. The summed E-state index contributed by atoms with van der Waals surface area (Å²) in [6.07, 6.45) is -4.90. The molecule has 1 aliphatic heterocycles. The van der Waals surface area contributed by atoms with Gasteiger partial charge < -0.3 is 24.1 Å². The minimum atomic E-state index is -1.94. The van der Waals surface area contributed by atoms with Gasteiger partial charge in [-0.1, -0.05) is 54.6 Å². The normalized spacial score (nSPS) is 20.6. The summed E-state index contributed by atoms with van der Waals surface area (Å²) >= 11 is 0. The van der Waals surface area contributed by atoms with Gasteiger partial charge in [-0.25, -0.2) is 9.18 Å². The Kier molecular flexibility index (Phi) is 8.07. The molecule has 4 atom stereocenters. The van der Waals surface area contributed by atoms with Gasteiger partial charge in [-0.15, -0.1) is 0 Å². The summed E-state index contributed by atoms with van der Waals surface area (Å²) in [5.41, 5.74) is -0.131. The smallest absolute Gasteiger partial charge is 0.330 e. The van der Waals surface area contributed by atoms with Crippen LogP contribution in [0.3, 0.4) is 0 Å². The van der Waals surface area contributed by atoms with E-state index in [1.807, 2.05) is 78.9 Å². The number of methoxy groups -OCH3 is 2. The van der Waals surface area contributed by atoms with Crippen LogP contribution < -0.4 is 20.7 Å². The van der Waals surface area contributed by atoms with Crippen molar-refractivity contribution in [3.05, 3.63) is 128 Å². The Morgan fingerprint density at radius 3 is 1.98 bits per heavy atom. The summed E-state index contributed by atoms with van der Waals surface area (Å²) in [5.74, 6) is 1.31. The zero-order valence-corrected chi connectivity index (χ0v) is 22.8. The molecule has 0 saturated carbocycles. The van der Waals surface area contributed by atoms with E-state index in [1.54, 1.807) is 14.2 Å². The van der Waals surface area contributed by atoms with Gasteiger partial charge in [0.05, 0.1) is 20.8 Å². The van der Waals surface area contributed by atoms with Crippen molar-refractivity contribution in [3.8, 4) is 11.5 Å². The Bertz CT molecular complexity index is 1540. The van der Waals surface area contributed by atoms with Crippen LogP contribution in [0.25, 0.3) is 0 Å². The first-order valence-electron chi connectivity index (χ1n) is 13.1. The number of H-pyrrole nitrogens is 1. The molecule has 0 amide bonds. The van der Waals surface area contributed by atoms with Crippen LogP contribution in [0, 0.1) is 6.92 Å². The molecule has 214 valence electrons. The highest BCUT2D eigenvalue weighted by Crippen LogP contribution is 2.43. The van der Waals surface area contributed by atoms with Crippen LogP contribution in [-0.2, 0) is 15.1 Å². The Morgan fingerprint density at radius 2 is 1.44 bits per heavy atom. The first kappa shape index (κ1) is 28.3. The number of aliphatic hydroxyl groups excluding tert-OH is 1. The molecule has 0 unspecified atom stereocenters. The van der Waals surface area contributed by atoms with E-state index in [0.29, 0.717) is 11.5 Å². The van der Waals surface area contributed by atoms with Crippen LogP contribution in [0.4, 0.5) is 4.39 Å². The highest BCUT2D eigenvalue weighted by Gasteiger charge is 2.47. The van der Waals surface area contributed by atoms with Crippen molar-refractivity contribution in [2.24, 2.45) is 0 Å². The number of ether oxygens (including phenoxy) is 4. The summed E-state index contributed by atoms with van der Waals surface area (Å²) in [7, 11) is 3.16. The number of hydrogen-bond acceptors (Lipinski definition) is 7. The fourth-order valence-corrected chi connectivity index (χ4v) is 5.12. The van der Waals surface area contributed by atoms with Crippen LogP contribution in [0.2, 0.25) is 0 Å². The lowest BCUT2D eigenvalue weighted by molar-refractivity contribution is -0.0950. The second-order valence-corrected chi connectivity index (χ2v) is 9.79. The lowest BCUT2D eigenvalue weighted by Gasteiger charge is -2.37. The molecule has 0 bridgehead atoms. The molecule has 10 heteroatoms. The molecule has 9 nitrogen and oxygen atoms in total. The lowest BCUT2D eigenvalue weighted by Crippen LogP contribution is -2.39. The van der Waals surface area contributed by atoms with Crippen molar-refractivity contribution in [3.63, 3.8) is 0 Å². The van der Waals surface area contributed by atoms with Crippen LogP contribution in [0.1, 0.15) is 28.5 Å². The van der Waals surface area contributed by atoms with Gasteiger partial charge in [-0.3, -0.25) is 14.3 Å². The van der Waals surface area contributed by atoms with Gasteiger partial charge in [0.1, 0.15) is 29.3 Å². The van der Waals surface area contributed by atoms with Crippen LogP contribution in [0.15, 0.2) is 94.6 Å². The van der Waals surface area contributed by atoms with Crippen molar-refractivity contribution < 1.29 is 28.4 Å². The fourth-order valence-electron chi connectivity index (χ4n) is 5.12. The van der Waals surface area contributed by atoms with E-state index >= 15 is 4.39 Å². The molecule has 5 rings (SSSR count). The zero-order chi connectivity index (χ0) is 29.1. The number of benzene rings is 3. The number of aromatic nitrogens is 2. The molecule has 1 aromatic heterocycles. The number of aromatic amines is 1. The summed E-state index contributed by atoms with van der Waals surface area (Å²) < 4.78 is 39.6. The largest absolute Gasteiger partial charge is 0.497 e. The van der Waals surface area contributed by atoms with Crippen LogP contribution >= 0.6 is 0 Å². The summed E-state index contributed by atoms with van der Waals surface area (Å²) in [4.78, 5) is 26.4. The topological polar surface area (TPSA) is 112 Å². The van der Waals surface area contributed by atoms with Crippen molar-refractivity contribution in [1.82, 2.24) is 9.55 Å². The quantitative estimate of drug-likeness (QED) is 0.301. The van der Waals surface area contributed by atoms with E-state index in [2.05, 4.69) is 4.98 Å². The lowest BCUT2D eigenvalue weighted by atomic mass is 9.80. The predicted octanol–water partition coefficient (Wildman–Crippen LogP) is 3.47. The number of nitrogens with one attached hydrogen (secondary N) is 1. The maximum Gasteiger partial charge on any atom is 0.330 e. The Labute approximate surface area is 235 Å². The molecule has 1 saturated heterocycles. The van der Waals surface area contributed by atoms with E-state index in [1.165, 1.54) is 13.1 Å². The highest BCUT2D eigenvalue weighted by molar-refractivity contribution is 5.49. The minimum absolute atomic E-state index is 0.205. The van der Waals surface area contributed by atoms with Crippen LogP contribution in [0.5, 0.6) is 11.5 Å². The third-order valence-corrected chi connectivity index (χ3v) is 7.35. The number of nitrogens with zero attached hydrogens (tertiary/aromatic N) is 1. The molecule has 3 aromatic carbocycles. The molecule has 2 heterocycles. The molecule has 0 aliphatic carbocycles. The molecule has 0 radical (unpaired) electrons. The van der Waals surface area contributed by atoms with Gasteiger partial charge in [0, 0.05) is 11.8 Å². The molecular weight excluding hydrogens is 531 g/mol. The number of halogens is 1. The molecule has 41 heavy (non-hydrogen) atoms. The van der Waals surface area contributed by atoms with E-state index in [4.69, 9.17) is 18.9 Å². The van der Waals surface area contributed by atoms with Gasteiger partial charge in [0.25, 0.3) is 5.56 Å². The fraction of sp³-hybridized carbons (Fsp3) is 0.290. The molecule has 4 aromatic rings. The molecule has 2 N–H and O–H groups in total. The SMILES string of the molecule is COc1ccc(C(OC[C@H]2O[C@H](n3cc(C)c(=O)[nH]c3=O)[C@@H](F)[C@@H]2O)(c2ccccc2)c2ccc(OC)cc2)cc1. The van der Waals surface area contributed by atoms with E-state index in [-0.39, 0.29) is 12.2 Å². The molecule has 0 spiro atoms. The van der Waals surface area contributed by atoms with Gasteiger partial charge in [0.2, 0.25) is 0 Å². The number of aryl methyl sites for hydroxylation is 1. The molecule has 1 aliphatic rings. The van der Waals surface area contributed by atoms with E-state index in [0.717, 1.165) is 21.3 Å². The van der Waals surface area contributed by atoms with Crippen molar-refractivity contribution in [1.29, 1.82) is 0 Å². The number of aliphatic hydroxyl groups is 1. The average molecular weight is 563 g/mol. The first-order valence-corrected chi connectivity index (χ1v) is 13.1. The minimum Gasteiger partial charge on any atom is -0.497 e. The summed E-state index contributed by atoms with van der Waals surface area (Å²) in [6, 6.07) is 24.3. The van der Waals surface area contributed by atoms with E-state index < -0.39 is 41.5 Å².